The predicted molar refractivity (Wildman–Crippen MR) is 74.7 cm³/mol. The molecule has 1 aromatic heterocycles. The molecule has 2 rings (SSSR count). The molecule has 1 unspecified atom stereocenters. The number of aliphatic hydroxyl groups excluding tert-OH is 1. The van der Waals surface area contributed by atoms with Gasteiger partial charge in [0.2, 0.25) is 5.09 Å². The lowest BCUT2D eigenvalue weighted by Gasteiger charge is -2.14. The van der Waals surface area contributed by atoms with Crippen molar-refractivity contribution in [2.45, 2.75) is 56.3 Å². The summed E-state index contributed by atoms with van der Waals surface area (Å²) in [6.07, 6.45) is 3.36. The van der Waals surface area contributed by atoms with Crippen LogP contribution in [0.3, 0.4) is 0 Å². The quantitative estimate of drug-likeness (QED) is 0.632. The van der Waals surface area contributed by atoms with Gasteiger partial charge in [0.1, 0.15) is 5.76 Å². The van der Waals surface area contributed by atoms with Crippen LogP contribution in [0.25, 0.3) is 0 Å². The van der Waals surface area contributed by atoms with Gasteiger partial charge in [0, 0.05) is 18.7 Å². The summed E-state index contributed by atoms with van der Waals surface area (Å²) < 4.78 is 32.2. The van der Waals surface area contributed by atoms with Crippen LogP contribution in [-0.2, 0) is 16.6 Å². The van der Waals surface area contributed by atoms with E-state index in [0.29, 0.717) is 31.2 Å². The summed E-state index contributed by atoms with van der Waals surface area (Å²) in [4.78, 5) is 0. The molecule has 1 saturated carbocycles. The number of nitrogens with one attached hydrogen (secondary N) is 2. The third-order valence-electron chi connectivity index (χ3n) is 3.34. The van der Waals surface area contributed by atoms with E-state index in [2.05, 4.69) is 10.0 Å². The van der Waals surface area contributed by atoms with E-state index in [1.54, 1.807) is 6.07 Å². The first-order chi connectivity index (χ1) is 9.55. The summed E-state index contributed by atoms with van der Waals surface area (Å²) >= 11 is 0. The molecule has 0 bridgehead atoms. The van der Waals surface area contributed by atoms with Gasteiger partial charge in [-0.3, -0.25) is 0 Å². The topological polar surface area (TPSA) is 91.6 Å². The lowest BCUT2D eigenvalue weighted by molar-refractivity contribution is 0.269. The average molecular weight is 302 g/mol. The van der Waals surface area contributed by atoms with Crippen molar-refractivity contribution < 1.29 is 17.9 Å². The molecule has 0 spiro atoms. The molecule has 1 fully saturated rings. The van der Waals surface area contributed by atoms with Crippen LogP contribution in [0.15, 0.2) is 21.6 Å². The number of aliphatic hydroxyl groups is 1. The fraction of sp³-hybridized carbons (Fsp3) is 0.692. The summed E-state index contributed by atoms with van der Waals surface area (Å²) in [5, 5.41) is 12.1. The molecule has 6 nitrogen and oxygen atoms in total. The highest BCUT2D eigenvalue weighted by Crippen LogP contribution is 2.20. The molecule has 1 aliphatic carbocycles. The zero-order chi connectivity index (χ0) is 14.6. The van der Waals surface area contributed by atoms with Gasteiger partial charge in [-0.15, -0.1) is 0 Å². The monoisotopic (exact) mass is 302 g/mol. The highest BCUT2D eigenvalue weighted by Gasteiger charge is 2.24. The van der Waals surface area contributed by atoms with Crippen LogP contribution in [0.1, 0.15) is 38.4 Å². The van der Waals surface area contributed by atoms with E-state index in [9.17, 15) is 8.42 Å². The summed E-state index contributed by atoms with van der Waals surface area (Å²) in [5.74, 6) is 0.618. The second kappa shape index (κ2) is 6.71. The number of furan rings is 1. The van der Waals surface area contributed by atoms with Gasteiger partial charge in [0.15, 0.2) is 0 Å². The van der Waals surface area contributed by atoms with Crippen molar-refractivity contribution in [2.24, 2.45) is 0 Å². The molecule has 0 aliphatic heterocycles. The van der Waals surface area contributed by atoms with E-state index in [4.69, 9.17) is 9.52 Å². The van der Waals surface area contributed by atoms with Gasteiger partial charge in [-0.25, -0.2) is 13.1 Å². The lowest BCUT2D eigenvalue weighted by atomic mass is 10.2. The molecule has 114 valence electrons. The molecule has 0 saturated heterocycles. The molecule has 0 radical (unpaired) electrons. The first kappa shape index (κ1) is 15.5. The normalized spacial score (nSPS) is 17.3. The van der Waals surface area contributed by atoms with Crippen LogP contribution in [0, 0.1) is 0 Å². The van der Waals surface area contributed by atoms with Gasteiger partial charge in [0.05, 0.1) is 6.54 Å². The molecule has 0 aromatic carbocycles. The molecular formula is C13H22N2O4S. The zero-order valence-corrected chi connectivity index (χ0v) is 12.4. The van der Waals surface area contributed by atoms with Crippen LogP contribution in [0.5, 0.6) is 0 Å². The van der Waals surface area contributed by atoms with Crippen molar-refractivity contribution in [1.29, 1.82) is 0 Å². The maximum Gasteiger partial charge on any atom is 0.274 e. The van der Waals surface area contributed by atoms with Gasteiger partial charge in [-0.2, -0.15) is 0 Å². The fourth-order valence-electron chi connectivity index (χ4n) is 1.91. The Hall–Kier alpha value is -0.890. The first-order valence-corrected chi connectivity index (χ1v) is 8.48. The van der Waals surface area contributed by atoms with Crippen LogP contribution in [0.2, 0.25) is 0 Å². The third-order valence-corrected chi connectivity index (χ3v) is 4.73. The number of sulfonamides is 1. The van der Waals surface area contributed by atoms with Crippen molar-refractivity contribution in [2.75, 3.05) is 6.61 Å². The highest BCUT2D eigenvalue weighted by atomic mass is 32.2. The predicted octanol–water partition coefficient (Wildman–Crippen LogP) is 0.971. The number of hydrogen-bond donors (Lipinski definition) is 3. The molecule has 3 N–H and O–H groups in total. The molecule has 1 heterocycles. The standard InChI is InChI=1S/C13H22N2O4S/c1-2-10(7-8-16)15-20(17,18)13-6-5-12(19-13)9-14-11-3-4-11/h5-6,10-11,14-16H,2-4,7-9H2,1H3. The highest BCUT2D eigenvalue weighted by molar-refractivity contribution is 7.89. The molecular weight excluding hydrogens is 280 g/mol. The summed E-state index contributed by atoms with van der Waals surface area (Å²) in [6, 6.07) is 3.42. The minimum absolute atomic E-state index is 0.0459. The minimum Gasteiger partial charge on any atom is -0.447 e. The van der Waals surface area contributed by atoms with E-state index in [1.165, 1.54) is 18.9 Å². The van der Waals surface area contributed by atoms with Gasteiger partial charge < -0.3 is 14.8 Å². The smallest absolute Gasteiger partial charge is 0.274 e. The Morgan fingerprint density at radius 3 is 2.80 bits per heavy atom. The van der Waals surface area contributed by atoms with Gasteiger partial charge in [-0.05, 0) is 37.8 Å². The summed E-state index contributed by atoms with van der Waals surface area (Å²) in [5.41, 5.74) is 0. The van der Waals surface area contributed by atoms with Gasteiger partial charge in [0.25, 0.3) is 10.0 Å². The van der Waals surface area contributed by atoms with E-state index in [0.717, 1.165) is 0 Å². The Balaban J connectivity index is 1.96. The Bertz CT molecular complexity index is 522. The number of hydrogen-bond acceptors (Lipinski definition) is 5. The van der Waals surface area contributed by atoms with Gasteiger partial charge in [-0.1, -0.05) is 6.92 Å². The van der Waals surface area contributed by atoms with Gasteiger partial charge >= 0.3 is 0 Å². The van der Waals surface area contributed by atoms with Crippen LogP contribution in [-0.4, -0.2) is 32.2 Å². The van der Waals surface area contributed by atoms with Crippen LogP contribution in [0.4, 0.5) is 0 Å². The Morgan fingerprint density at radius 2 is 2.20 bits per heavy atom. The number of rotatable bonds is 9. The molecule has 1 aromatic rings. The first-order valence-electron chi connectivity index (χ1n) is 7.00. The van der Waals surface area contributed by atoms with E-state index < -0.39 is 10.0 Å². The average Bonchev–Trinajstić information content (AvgIpc) is 3.11. The Morgan fingerprint density at radius 1 is 1.45 bits per heavy atom. The largest absolute Gasteiger partial charge is 0.447 e. The molecule has 1 atom stereocenters. The fourth-order valence-corrected chi connectivity index (χ4v) is 3.21. The summed E-state index contributed by atoms with van der Waals surface area (Å²) in [6.45, 7) is 2.37. The Kier molecular flexibility index (Phi) is 5.20. The summed E-state index contributed by atoms with van der Waals surface area (Å²) in [7, 11) is -3.65. The second-order valence-corrected chi connectivity index (χ2v) is 6.76. The molecule has 7 heteroatoms. The minimum atomic E-state index is -3.65. The van der Waals surface area contributed by atoms with E-state index >= 15 is 0 Å². The van der Waals surface area contributed by atoms with Crippen LogP contribution < -0.4 is 10.0 Å². The van der Waals surface area contributed by atoms with Crippen LogP contribution >= 0.6 is 0 Å². The van der Waals surface area contributed by atoms with E-state index in [1.807, 2.05) is 6.92 Å². The molecule has 0 amide bonds. The van der Waals surface area contributed by atoms with Crippen molar-refractivity contribution >= 4 is 10.0 Å². The SMILES string of the molecule is CCC(CCO)NS(=O)(=O)c1ccc(CNC2CC2)o1. The van der Waals surface area contributed by atoms with Crippen molar-refractivity contribution in [3.8, 4) is 0 Å². The maximum absolute atomic E-state index is 12.1. The molecule has 20 heavy (non-hydrogen) atoms. The van der Waals surface area contributed by atoms with Crippen molar-refractivity contribution in [3.63, 3.8) is 0 Å². The Labute approximate surface area is 119 Å². The lowest BCUT2D eigenvalue weighted by Crippen LogP contribution is -2.34. The van der Waals surface area contributed by atoms with Crippen molar-refractivity contribution in [1.82, 2.24) is 10.0 Å². The second-order valence-electron chi connectivity index (χ2n) is 5.11. The maximum atomic E-state index is 12.1. The van der Waals surface area contributed by atoms with Crippen molar-refractivity contribution in [3.05, 3.63) is 17.9 Å². The molecule has 1 aliphatic rings. The zero-order valence-electron chi connectivity index (χ0n) is 11.6. The third kappa shape index (κ3) is 4.31. The van der Waals surface area contributed by atoms with E-state index in [-0.39, 0.29) is 17.7 Å².